The van der Waals surface area contributed by atoms with Gasteiger partial charge in [-0.05, 0) is 95.4 Å². The fourth-order valence-corrected chi connectivity index (χ4v) is 8.23. The molecule has 3 aliphatic heterocycles. The summed E-state index contributed by atoms with van der Waals surface area (Å²) in [6, 6.07) is 6.65. The number of aromatic nitrogens is 2. The zero-order valence-corrected chi connectivity index (χ0v) is 25.0. The Labute approximate surface area is 251 Å². The molecule has 3 aromatic rings. The molecule has 9 heteroatoms. The predicted molar refractivity (Wildman–Crippen MR) is 162 cm³/mol. The molecule has 43 heavy (non-hydrogen) atoms. The van der Waals surface area contributed by atoms with Crippen molar-refractivity contribution in [2.45, 2.75) is 89.4 Å². The number of halogens is 1. The number of likely N-dealkylation sites (tertiary alicyclic amines) is 2. The topological polar surface area (TPSA) is 87.5 Å². The number of rotatable bonds is 5. The van der Waals surface area contributed by atoms with E-state index in [9.17, 15) is 18.8 Å². The minimum absolute atomic E-state index is 0.0355. The smallest absolute Gasteiger partial charge is 0.256 e. The first-order valence-corrected chi connectivity index (χ1v) is 16.0. The molecule has 226 valence electrons. The molecular formula is C34H40FN5O3. The molecular weight excluding hydrogens is 545 g/mol. The van der Waals surface area contributed by atoms with Crippen LogP contribution in [0.15, 0.2) is 42.9 Å². The Balaban J connectivity index is 1.16. The Hall–Kier alpha value is -3.59. The number of hydrogen-bond donors (Lipinski definition) is 1. The van der Waals surface area contributed by atoms with E-state index < -0.39 is 5.82 Å². The van der Waals surface area contributed by atoms with Gasteiger partial charge in [-0.1, -0.05) is 0 Å². The molecule has 0 radical (unpaired) electrons. The SMILES string of the molecule is C[C@@H]1CCC[C@H](C)N1C(=O)c1cc(F)ccc1-n1cc(C(=O)C2CCN(C(=O)[C@H]3N[C@@H]4CC[C@H]3C4)CC2)c2ccncc21. The van der Waals surface area contributed by atoms with Crippen LogP contribution >= 0.6 is 0 Å². The van der Waals surface area contributed by atoms with Crippen LogP contribution < -0.4 is 5.32 Å². The normalized spacial score (nSPS) is 27.7. The highest BCUT2D eigenvalue weighted by atomic mass is 19.1. The van der Waals surface area contributed by atoms with Crippen LogP contribution in [0, 0.1) is 17.7 Å². The lowest BCUT2D eigenvalue weighted by Gasteiger charge is -2.39. The third-order valence-corrected chi connectivity index (χ3v) is 10.6. The molecule has 1 aromatic carbocycles. The van der Waals surface area contributed by atoms with Crippen LogP contribution in [0.3, 0.4) is 0 Å². The average Bonchev–Trinajstić information content (AvgIpc) is 3.75. The van der Waals surface area contributed by atoms with Gasteiger partial charge in [-0.15, -0.1) is 0 Å². The maximum Gasteiger partial charge on any atom is 0.256 e. The van der Waals surface area contributed by atoms with Crippen LogP contribution in [0.1, 0.15) is 85.9 Å². The third kappa shape index (κ3) is 4.95. The van der Waals surface area contributed by atoms with Gasteiger partial charge in [-0.2, -0.15) is 0 Å². The summed E-state index contributed by atoms with van der Waals surface area (Å²) in [4.78, 5) is 49.3. The van der Waals surface area contributed by atoms with Crippen molar-refractivity contribution in [2.75, 3.05) is 13.1 Å². The van der Waals surface area contributed by atoms with Crippen LogP contribution in [0.25, 0.3) is 16.6 Å². The molecule has 8 nitrogen and oxygen atoms in total. The first kappa shape index (κ1) is 28.2. The number of carbonyl (C=O) groups is 3. The summed E-state index contributed by atoms with van der Waals surface area (Å²) < 4.78 is 16.4. The average molecular weight is 586 g/mol. The second-order valence-corrected chi connectivity index (χ2v) is 13.2. The van der Waals surface area contributed by atoms with Gasteiger partial charge in [0.2, 0.25) is 5.91 Å². The van der Waals surface area contributed by atoms with Crippen molar-refractivity contribution in [3.8, 4) is 5.69 Å². The highest BCUT2D eigenvalue weighted by Crippen LogP contribution is 2.37. The number of carbonyl (C=O) groups excluding carboxylic acids is 3. The quantitative estimate of drug-likeness (QED) is 0.420. The zero-order valence-electron chi connectivity index (χ0n) is 25.0. The van der Waals surface area contributed by atoms with E-state index >= 15 is 0 Å². The van der Waals surface area contributed by atoms with E-state index in [4.69, 9.17) is 0 Å². The summed E-state index contributed by atoms with van der Waals surface area (Å²) in [5.41, 5.74) is 2.08. The zero-order chi connectivity index (χ0) is 29.8. The minimum atomic E-state index is -0.475. The van der Waals surface area contributed by atoms with E-state index in [0.717, 1.165) is 43.9 Å². The number of piperidine rings is 3. The summed E-state index contributed by atoms with van der Waals surface area (Å²) >= 11 is 0. The summed E-state index contributed by atoms with van der Waals surface area (Å²) in [7, 11) is 0. The van der Waals surface area contributed by atoms with Crippen molar-refractivity contribution in [2.24, 2.45) is 11.8 Å². The van der Waals surface area contributed by atoms with E-state index in [1.165, 1.54) is 12.1 Å². The van der Waals surface area contributed by atoms with Crippen LogP contribution in [-0.4, -0.2) is 74.2 Å². The van der Waals surface area contributed by atoms with E-state index in [2.05, 4.69) is 10.3 Å². The third-order valence-electron chi connectivity index (χ3n) is 10.6. The molecule has 5 heterocycles. The van der Waals surface area contributed by atoms with Crippen LogP contribution in [0.2, 0.25) is 0 Å². The number of amides is 2. The van der Waals surface area contributed by atoms with Crippen LogP contribution in [-0.2, 0) is 4.79 Å². The standard InChI is InChI=1S/C34H40FN5O3/c1-20-4-3-5-21(2)40(20)33(42)27-17-24(35)7-9-29(27)39-19-28(26-10-13-36-18-30(26)39)32(41)22-11-14-38(15-12-22)34(43)31-23-6-8-25(16-23)37-31/h7,9-10,13,17-23,25,31,37H,3-6,8,11-12,14-16H2,1-2H3/t20-,21+,23-,25+,31-/m0/s1. The molecule has 1 saturated carbocycles. The fraction of sp³-hybridized carbons (Fsp3) is 0.529. The first-order chi connectivity index (χ1) is 20.8. The second-order valence-electron chi connectivity index (χ2n) is 13.2. The Bertz CT molecular complexity index is 1570. The van der Waals surface area contributed by atoms with Gasteiger partial charge in [0.1, 0.15) is 5.82 Å². The Morgan fingerprint density at radius 1 is 0.953 bits per heavy atom. The molecule has 0 spiro atoms. The number of benzene rings is 1. The predicted octanol–water partition coefficient (Wildman–Crippen LogP) is 5.13. The molecule has 3 saturated heterocycles. The first-order valence-electron chi connectivity index (χ1n) is 16.0. The van der Waals surface area contributed by atoms with Crippen LogP contribution in [0.5, 0.6) is 0 Å². The number of nitrogens with one attached hydrogen (secondary N) is 1. The van der Waals surface area contributed by atoms with Gasteiger partial charge in [-0.25, -0.2) is 4.39 Å². The molecule has 2 amide bonds. The van der Waals surface area contributed by atoms with E-state index in [-0.39, 0.29) is 47.2 Å². The lowest BCUT2D eigenvalue weighted by atomic mass is 9.88. The number of Topliss-reactive ketones (excluding diaryl/α,β-unsaturated/α-hetero) is 1. The summed E-state index contributed by atoms with van der Waals surface area (Å²) in [6.07, 6.45) is 12.7. The molecule has 2 bridgehead atoms. The highest BCUT2D eigenvalue weighted by molar-refractivity contribution is 6.10. The summed E-state index contributed by atoms with van der Waals surface area (Å²) in [5, 5.41) is 4.27. The molecule has 4 fully saturated rings. The van der Waals surface area contributed by atoms with Gasteiger partial charge in [0, 0.05) is 60.5 Å². The number of hydrogen-bond acceptors (Lipinski definition) is 5. The van der Waals surface area contributed by atoms with Crippen molar-refractivity contribution in [1.29, 1.82) is 0 Å². The van der Waals surface area contributed by atoms with Gasteiger partial charge in [-0.3, -0.25) is 19.4 Å². The lowest BCUT2D eigenvalue weighted by Crippen LogP contribution is -2.51. The minimum Gasteiger partial charge on any atom is -0.341 e. The maximum atomic E-state index is 14.6. The van der Waals surface area contributed by atoms with Crippen molar-refractivity contribution >= 4 is 28.5 Å². The highest BCUT2D eigenvalue weighted by Gasteiger charge is 2.44. The number of ketones is 1. The molecule has 0 unspecified atom stereocenters. The van der Waals surface area contributed by atoms with Crippen molar-refractivity contribution < 1.29 is 18.8 Å². The summed E-state index contributed by atoms with van der Waals surface area (Å²) in [5.74, 6) is -0.207. The van der Waals surface area contributed by atoms with Gasteiger partial charge in [0.25, 0.3) is 5.91 Å². The number of pyridine rings is 1. The van der Waals surface area contributed by atoms with Gasteiger partial charge in [0.15, 0.2) is 5.78 Å². The number of fused-ring (bicyclic) bond motifs is 3. The van der Waals surface area contributed by atoms with Crippen molar-refractivity contribution in [1.82, 2.24) is 24.7 Å². The fourth-order valence-electron chi connectivity index (χ4n) is 8.23. The Morgan fingerprint density at radius 3 is 2.42 bits per heavy atom. The van der Waals surface area contributed by atoms with Gasteiger partial charge < -0.3 is 19.7 Å². The van der Waals surface area contributed by atoms with Gasteiger partial charge in [0.05, 0.1) is 29.0 Å². The maximum absolute atomic E-state index is 14.6. The second kappa shape index (κ2) is 11.2. The van der Waals surface area contributed by atoms with Crippen LogP contribution in [0.4, 0.5) is 4.39 Å². The molecule has 5 atom stereocenters. The molecule has 1 N–H and O–H groups in total. The largest absolute Gasteiger partial charge is 0.341 e. The molecule has 4 aliphatic rings. The van der Waals surface area contributed by atoms with E-state index in [1.54, 1.807) is 24.7 Å². The summed E-state index contributed by atoms with van der Waals surface area (Å²) in [6.45, 7) is 5.25. The molecule has 2 aromatic heterocycles. The van der Waals surface area contributed by atoms with E-state index in [1.807, 2.05) is 34.3 Å². The van der Waals surface area contributed by atoms with E-state index in [0.29, 0.717) is 54.7 Å². The molecule has 1 aliphatic carbocycles. The van der Waals surface area contributed by atoms with Gasteiger partial charge >= 0.3 is 0 Å². The monoisotopic (exact) mass is 585 g/mol. The lowest BCUT2D eigenvalue weighted by molar-refractivity contribution is -0.135. The van der Waals surface area contributed by atoms with Crippen molar-refractivity contribution in [3.63, 3.8) is 0 Å². The van der Waals surface area contributed by atoms with Crippen molar-refractivity contribution in [3.05, 3.63) is 59.8 Å². The molecule has 7 rings (SSSR count). The number of nitrogens with zero attached hydrogens (tertiary/aromatic N) is 4. The Morgan fingerprint density at radius 2 is 1.72 bits per heavy atom. The Kier molecular flexibility index (Phi) is 7.32.